The monoisotopic (exact) mass is 406 g/mol. The fourth-order valence-electron chi connectivity index (χ4n) is 1.31. The van der Waals surface area contributed by atoms with Crippen LogP contribution in [0.2, 0.25) is 10.3 Å². The minimum Gasteiger partial charge on any atom is -0.397 e. The SMILES string of the molecule is CCO.CCc1nc2c(Cl)ncnc2s1.Nc1c(Cl)[nH]cnc1=S. The summed E-state index contributed by atoms with van der Waals surface area (Å²) in [6.45, 7) is 3.99. The van der Waals surface area contributed by atoms with Gasteiger partial charge in [0.2, 0.25) is 0 Å². The molecule has 3 aromatic heterocycles. The van der Waals surface area contributed by atoms with Crippen LogP contribution in [0.15, 0.2) is 12.7 Å². The number of thiazole rings is 1. The molecule has 0 aliphatic heterocycles. The molecule has 0 spiro atoms. The molecule has 0 bridgehead atoms. The lowest BCUT2D eigenvalue weighted by molar-refractivity contribution is 0.318. The van der Waals surface area contributed by atoms with Gasteiger partial charge in [0.1, 0.15) is 27.5 Å². The number of nitrogen functional groups attached to an aromatic ring is 1. The second kappa shape index (κ2) is 10.5. The quantitative estimate of drug-likeness (QED) is 0.417. The highest BCUT2D eigenvalue weighted by Gasteiger charge is 2.06. The van der Waals surface area contributed by atoms with Gasteiger partial charge in [0.05, 0.1) is 11.3 Å². The lowest BCUT2D eigenvalue weighted by Gasteiger charge is -1.92. The average molecular weight is 407 g/mol. The fourth-order valence-corrected chi connectivity index (χ4v) is 2.73. The number of rotatable bonds is 1. The number of anilines is 1. The van der Waals surface area contributed by atoms with Gasteiger partial charge in [-0.25, -0.2) is 19.9 Å². The van der Waals surface area contributed by atoms with E-state index in [-0.39, 0.29) is 6.61 Å². The van der Waals surface area contributed by atoms with Crippen molar-refractivity contribution in [2.24, 2.45) is 0 Å². The van der Waals surface area contributed by atoms with Gasteiger partial charge in [-0.3, -0.25) is 0 Å². The third-order valence-corrected chi connectivity index (χ3v) is 4.36. The Morgan fingerprint density at radius 2 is 1.96 bits per heavy atom. The van der Waals surface area contributed by atoms with Crippen molar-refractivity contribution >= 4 is 62.8 Å². The molecule has 0 unspecified atom stereocenters. The molecule has 7 nitrogen and oxygen atoms in total. The molecule has 11 heteroatoms. The number of halogens is 2. The third kappa shape index (κ3) is 5.91. The molecule has 0 fully saturated rings. The average Bonchev–Trinajstić information content (AvgIpc) is 2.99. The van der Waals surface area contributed by atoms with Gasteiger partial charge in [-0.15, -0.1) is 0 Å². The number of aryl methyl sites for hydroxylation is 1. The number of nitrogens with one attached hydrogen (secondary N) is 1. The number of aliphatic hydroxyl groups excluding tert-OH is 1. The number of aromatic amines is 1. The maximum Gasteiger partial charge on any atom is 0.159 e. The van der Waals surface area contributed by atoms with E-state index < -0.39 is 0 Å². The number of nitrogens with two attached hydrogens (primary N) is 1. The Morgan fingerprint density at radius 1 is 1.29 bits per heavy atom. The molecule has 0 amide bonds. The summed E-state index contributed by atoms with van der Waals surface area (Å²) >= 11 is 17.6. The third-order valence-electron chi connectivity index (χ3n) is 2.34. The van der Waals surface area contributed by atoms with E-state index in [2.05, 4.69) is 31.8 Å². The van der Waals surface area contributed by atoms with Crippen LogP contribution in [0.25, 0.3) is 10.3 Å². The van der Waals surface area contributed by atoms with Crippen molar-refractivity contribution in [1.82, 2.24) is 24.9 Å². The summed E-state index contributed by atoms with van der Waals surface area (Å²) in [5, 5.41) is 9.40. The van der Waals surface area contributed by atoms with Crippen molar-refractivity contribution in [2.75, 3.05) is 12.3 Å². The molecule has 0 aliphatic rings. The molecule has 0 aromatic carbocycles. The maximum absolute atomic E-state index is 7.57. The van der Waals surface area contributed by atoms with Crippen LogP contribution in [0.4, 0.5) is 5.69 Å². The maximum atomic E-state index is 7.57. The van der Waals surface area contributed by atoms with E-state index in [9.17, 15) is 0 Å². The number of hydrogen-bond acceptors (Lipinski definition) is 8. The summed E-state index contributed by atoms with van der Waals surface area (Å²) in [6.07, 6.45) is 3.78. The Bertz CT molecular complexity index is 839. The Kier molecular flexibility index (Phi) is 9.01. The van der Waals surface area contributed by atoms with E-state index in [4.69, 9.17) is 46.3 Å². The zero-order valence-electron chi connectivity index (χ0n) is 13.0. The number of aromatic nitrogens is 5. The van der Waals surface area contributed by atoms with Crippen LogP contribution in [0.5, 0.6) is 0 Å². The zero-order valence-corrected chi connectivity index (χ0v) is 16.1. The number of nitrogens with zero attached hydrogens (tertiary/aromatic N) is 4. The Balaban J connectivity index is 0.000000213. The van der Waals surface area contributed by atoms with Crippen molar-refractivity contribution in [3.8, 4) is 0 Å². The first-order chi connectivity index (χ1) is 11.4. The first-order valence-corrected chi connectivity index (χ1v) is 8.77. The number of aliphatic hydroxyl groups is 1. The van der Waals surface area contributed by atoms with Crippen LogP contribution in [0.3, 0.4) is 0 Å². The van der Waals surface area contributed by atoms with E-state index in [0.29, 0.717) is 20.6 Å². The molecule has 130 valence electrons. The molecule has 3 aromatic rings. The van der Waals surface area contributed by atoms with Crippen molar-refractivity contribution < 1.29 is 5.11 Å². The summed E-state index contributed by atoms with van der Waals surface area (Å²) in [4.78, 5) is 19.4. The fraction of sp³-hybridized carbons (Fsp3) is 0.308. The Labute approximate surface area is 157 Å². The van der Waals surface area contributed by atoms with E-state index in [1.54, 1.807) is 18.3 Å². The molecular formula is C13H16Cl2N6OS2. The van der Waals surface area contributed by atoms with Crippen LogP contribution in [0.1, 0.15) is 18.9 Å². The molecule has 0 saturated heterocycles. The first kappa shape index (κ1) is 20.7. The molecule has 3 heterocycles. The molecule has 0 atom stereocenters. The minimum atomic E-state index is 0.250. The summed E-state index contributed by atoms with van der Waals surface area (Å²) in [5.41, 5.74) is 6.40. The molecule has 0 radical (unpaired) electrons. The largest absolute Gasteiger partial charge is 0.397 e. The zero-order chi connectivity index (χ0) is 18.1. The molecule has 0 aliphatic carbocycles. The summed E-state index contributed by atoms with van der Waals surface area (Å²) in [6, 6.07) is 0. The minimum absolute atomic E-state index is 0.250. The number of hydrogen-bond donors (Lipinski definition) is 3. The Hall–Kier alpha value is -1.39. The first-order valence-electron chi connectivity index (χ1n) is 6.79. The predicted octanol–water partition coefficient (Wildman–Crippen LogP) is 3.68. The highest BCUT2D eigenvalue weighted by atomic mass is 35.5. The summed E-state index contributed by atoms with van der Waals surface area (Å²) in [7, 11) is 0. The molecule has 3 rings (SSSR count). The predicted molar refractivity (Wildman–Crippen MR) is 101 cm³/mol. The van der Waals surface area contributed by atoms with Crippen molar-refractivity contribution in [3.05, 3.63) is 32.6 Å². The van der Waals surface area contributed by atoms with Crippen LogP contribution in [-0.2, 0) is 6.42 Å². The highest BCUT2D eigenvalue weighted by molar-refractivity contribution is 7.71. The van der Waals surface area contributed by atoms with Crippen LogP contribution >= 0.6 is 46.8 Å². The highest BCUT2D eigenvalue weighted by Crippen LogP contribution is 2.24. The van der Waals surface area contributed by atoms with Gasteiger partial charge in [0.15, 0.2) is 9.79 Å². The van der Waals surface area contributed by atoms with Gasteiger partial charge in [-0.1, -0.05) is 53.7 Å². The molecule has 24 heavy (non-hydrogen) atoms. The van der Waals surface area contributed by atoms with Gasteiger partial charge >= 0.3 is 0 Å². The van der Waals surface area contributed by atoms with Crippen molar-refractivity contribution in [1.29, 1.82) is 0 Å². The summed E-state index contributed by atoms with van der Waals surface area (Å²) in [5.74, 6) is 0. The molecule has 0 saturated carbocycles. The van der Waals surface area contributed by atoms with Crippen molar-refractivity contribution in [2.45, 2.75) is 20.3 Å². The van der Waals surface area contributed by atoms with Gasteiger partial charge in [0, 0.05) is 6.61 Å². The van der Waals surface area contributed by atoms with E-state index in [1.807, 2.05) is 0 Å². The summed E-state index contributed by atoms with van der Waals surface area (Å²) < 4.78 is 0.332. The smallest absolute Gasteiger partial charge is 0.159 e. The van der Waals surface area contributed by atoms with Gasteiger partial charge in [0.25, 0.3) is 0 Å². The van der Waals surface area contributed by atoms with Crippen LogP contribution in [-0.4, -0.2) is 36.6 Å². The van der Waals surface area contributed by atoms with Crippen molar-refractivity contribution in [3.63, 3.8) is 0 Å². The van der Waals surface area contributed by atoms with Gasteiger partial charge in [-0.2, -0.15) is 0 Å². The lowest BCUT2D eigenvalue weighted by atomic mass is 10.5. The van der Waals surface area contributed by atoms with Gasteiger partial charge in [-0.05, 0) is 13.3 Å². The van der Waals surface area contributed by atoms with Crippen LogP contribution < -0.4 is 5.73 Å². The molecule has 4 N–H and O–H groups in total. The lowest BCUT2D eigenvalue weighted by Crippen LogP contribution is -1.91. The Morgan fingerprint density at radius 3 is 2.46 bits per heavy atom. The molecular weight excluding hydrogens is 391 g/mol. The van der Waals surface area contributed by atoms with Crippen LogP contribution in [0, 0.1) is 4.64 Å². The second-order valence-corrected chi connectivity index (χ2v) is 6.22. The number of fused-ring (bicyclic) bond motifs is 1. The topological polar surface area (TPSA) is 114 Å². The standard InChI is InChI=1S/C7H6ClN3S.C4H4ClN3S.C2H6O/c1-2-4-11-5-6(8)9-3-10-7(5)12-4;5-3-2(6)4(9)8-1-7-3;1-2-3/h3H,2H2,1H3;1H,6H2,(H,7,8,9);3H,2H2,1H3. The van der Waals surface area contributed by atoms with E-state index in [1.165, 1.54) is 12.7 Å². The van der Waals surface area contributed by atoms with Gasteiger partial charge < -0.3 is 15.8 Å². The number of H-pyrrole nitrogens is 1. The van der Waals surface area contributed by atoms with E-state index >= 15 is 0 Å². The van der Waals surface area contributed by atoms with E-state index in [0.717, 1.165) is 21.8 Å². The second-order valence-electron chi connectivity index (χ2n) is 4.03. The normalized spacial score (nSPS) is 9.71.